The van der Waals surface area contributed by atoms with Crippen molar-refractivity contribution in [1.82, 2.24) is 5.06 Å². The fourth-order valence-corrected chi connectivity index (χ4v) is 3.44. The van der Waals surface area contributed by atoms with Crippen molar-refractivity contribution in [3.63, 3.8) is 0 Å². The minimum Gasteiger partial charge on any atom is -0.481 e. The minimum atomic E-state index is -0.784. The van der Waals surface area contributed by atoms with Crippen molar-refractivity contribution in [3.05, 3.63) is 35.9 Å². The molecule has 5 nitrogen and oxygen atoms in total. The number of hydroxylamine groups is 2. The van der Waals surface area contributed by atoms with E-state index in [0.29, 0.717) is 18.9 Å². The Hall–Kier alpha value is -1.88. The van der Waals surface area contributed by atoms with Crippen molar-refractivity contribution in [3.8, 4) is 0 Å². The van der Waals surface area contributed by atoms with Gasteiger partial charge in [0.25, 0.3) is 0 Å². The van der Waals surface area contributed by atoms with Gasteiger partial charge in [-0.15, -0.1) is 5.06 Å². The number of carbonyl (C=O) groups is 2. The molecule has 1 aromatic carbocycles. The molecule has 2 saturated heterocycles. The Bertz CT molecular complexity index is 530. The summed E-state index contributed by atoms with van der Waals surface area (Å²) >= 11 is 0. The van der Waals surface area contributed by atoms with Gasteiger partial charge in [0.1, 0.15) is 0 Å². The molecule has 0 spiro atoms. The van der Waals surface area contributed by atoms with E-state index in [4.69, 9.17) is 4.84 Å². The largest absolute Gasteiger partial charge is 0.481 e. The number of nitrogens with zero attached hydrogens (tertiary/aromatic N) is 1. The third-order valence-corrected chi connectivity index (χ3v) is 4.46. The van der Waals surface area contributed by atoms with Crippen LogP contribution >= 0.6 is 0 Å². The first-order valence-electron chi connectivity index (χ1n) is 7.37. The van der Waals surface area contributed by atoms with Gasteiger partial charge in [-0.05, 0) is 30.7 Å². The molecule has 3 aliphatic rings. The van der Waals surface area contributed by atoms with Crippen LogP contribution in [0.5, 0.6) is 0 Å². The van der Waals surface area contributed by atoms with Crippen LogP contribution in [0, 0.1) is 11.8 Å². The molecule has 0 amide bonds. The maximum Gasteiger partial charge on any atom is 0.329 e. The van der Waals surface area contributed by atoms with E-state index in [1.807, 2.05) is 30.3 Å². The van der Waals surface area contributed by atoms with Crippen LogP contribution in [0.2, 0.25) is 0 Å². The molecule has 1 saturated carbocycles. The number of rotatable bonds is 4. The van der Waals surface area contributed by atoms with Crippen molar-refractivity contribution in [2.75, 3.05) is 6.54 Å². The number of benzene rings is 1. The van der Waals surface area contributed by atoms with Gasteiger partial charge in [0, 0.05) is 6.54 Å². The van der Waals surface area contributed by atoms with E-state index in [0.717, 1.165) is 18.4 Å². The van der Waals surface area contributed by atoms with Gasteiger partial charge in [-0.25, -0.2) is 4.79 Å². The fraction of sp³-hybridized carbons (Fsp3) is 0.500. The van der Waals surface area contributed by atoms with E-state index in [9.17, 15) is 14.7 Å². The third kappa shape index (κ3) is 3.08. The maximum atomic E-state index is 12.0. The summed E-state index contributed by atoms with van der Waals surface area (Å²) in [7, 11) is 0. The summed E-state index contributed by atoms with van der Waals surface area (Å²) in [6.07, 6.45) is 2.74. The van der Waals surface area contributed by atoms with E-state index in [2.05, 4.69) is 0 Å². The van der Waals surface area contributed by atoms with E-state index in [-0.39, 0.29) is 18.4 Å². The normalized spacial score (nSPS) is 28.3. The second-order valence-electron chi connectivity index (χ2n) is 5.92. The molecule has 0 radical (unpaired) electrons. The predicted octanol–water partition coefficient (Wildman–Crippen LogP) is 1.87. The number of hydrogen-bond donors (Lipinski definition) is 1. The monoisotopic (exact) mass is 289 g/mol. The van der Waals surface area contributed by atoms with Gasteiger partial charge in [0.2, 0.25) is 0 Å². The average Bonchev–Trinajstić information content (AvgIpc) is 2.48. The molecular formula is C16H19NO4. The molecule has 0 aromatic heterocycles. The standard InChI is InChI=1S/C16H19NO4/c18-15(9-11-4-2-1-3-5-11)21-17-10-12-6-7-14(17)13(8-12)16(19)20/h1-5,12-14H,6-10H2,(H,19,20)/t12-,13+,14-/m0/s1. The SMILES string of the molecule is O=C(Cc1ccccc1)ON1C[C@H]2CC[C@H]1[C@H](C(=O)O)C2. The van der Waals surface area contributed by atoms with Crippen LogP contribution in [-0.4, -0.2) is 34.7 Å². The molecular weight excluding hydrogens is 270 g/mol. The van der Waals surface area contributed by atoms with Crippen LogP contribution < -0.4 is 0 Å². The fourth-order valence-electron chi connectivity index (χ4n) is 3.44. The Kier molecular flexibility index (Phi) is 3.92. The number of fused-ring (bicyclic) bond motifs is 3. The summed E-state index contributed by atoms with van der Waals surface area (Å²) in [5, 5.41) is 10.9. The van der Waals surface area contributed by atoms with E-state index < -0.39 is 11.9 Å². The van der Waals surface area contributed by atoms with Gasteiger partial charge in [-0.2, -0.15) is 0 Å². The molecule has 1 aromatic rings. The Morgan fingerprint density at radius 3 is 2.67 bits per heavy atom. The van der Waals surface area contributed by atoms with Crippen LogP contribution in [0.25, 0.3) is 0 Å². The Balaban J connectivity index is 1.62. The molecule has 2 aliphatic heterocycles. The zero-order valence-corrected chi connectivity index (χ0v) is 11.8. The van der Waals surface area contributed by atoms with E-state index >= 15 is 0 Å². The topological polar surface area (TPSA) is 66.8 Å². The second kappa shape index (κ2) is 5.85. The lowest BCUT2D eigenvalue weighted by Gasteiger charge is -2.46. The average molecular weight is 289 g/mol. The molecule has 5 heteroatoms. The molecule has 0 unspecified atom stereocenters. The zero-order valence-electron chi connectivity index (χ0n) is 11.8. The lowest BCUT2D eigenvalue weighted by atomic mass is 9.74. The Morgan fingerprint density at radius 2 is 2.00 bits per heavy atom. The van der Waals surface area contributed by atoms with Crippen LogP contribution in [-0.2, 0) is 20.8 Å². The van der Waals surface area contributed by atoms with E-state index in [1.54, 1.807) is 5.06 Å². The number of carboxylic acids is 1. The van der Waals surface area contributed by atoms with Crippen LogP contribution in [0.15, 0.2) is 30.3 Å². The summed E-state index contributed by atoms with van der Waals surface area (Å²) < 4.78 is 0. The zero-order chi connectivity index (χ0) is 14.8. The summed E-state index contributed by atoms with van der Waals surface area (Å²) in [5.74, 6) is -1.20. The van der Waals surface area contributed by atoms with Gasteiger partial charge < -0.3 is 9.94 Å². The number of hydrogen-bond acceptors (Lipinski definition) is 4. The number of carbonyl (C=O) groups excluding carboxylic acids is 1. The molecule has 112 valence electrons. The first-order chi connectivity index (χ1) is 10.1. The number of piperidine rings is 2. The molecule has 3 fully saturated rings. The Morgan fingerprint density at radius 1 is 1.24 bits per heavy atom. The van der Waals surface area contributed by atoms with Gasteiger partial charge in [-0.3, -0.25) is 4.79 Å². The summed E-state index contributed by atoms with van der Waals surface area (Å²) in [5.41, 5.74) is 0.902. The molecule has 2 bridgehead atoms. The van der Waals surface area contributed by atoms with Crippen LogP contribution in [0.1, 0.15) is 24.8 Å². The first-order valence-corrected chi connectivity index (χ1v) is 7.37. The highest BCUT2D eigenvalue weighted by atomic mass is 16.7. The summed E-state index contributed by atoms with van der Waals surface area (Å²) in [6, 6.07) is 9.24. The molecule has 1 aliphatic carbocycles. The minimum absolute atomic E-state index is 0.174. The van der Waals surface area contributed by atoms with Gasteiger partial charge in [-0.1, -0.05) is 30.3 Å². The summed E-state index contributed by atoms with van der Waals surface area (Å²) in [6.45, 7) is 0.662. The number of carboxylic acid groups (broad SMARTS) is 1. The van der Waals surface area contributed by atoms with Crippen molar-refractivity contribution in [2.45, 2.75) is 31.7 Å². The Labute approximate surface area is 123 Å². The number of aliphatic carboxylic acids is 1. The lowest BCUT2D eigenvalue weighted by Crippen LogP contribution is -2.55. The molecule has 3 atom stereocenters. The highest BCUT2D eigenvalue weighted by Crippen LogP contribution is 2.39. The lowest BCUT2D eigenvalue weighted by molar-refractivity contribution is -0.234. The summed E-state index contributed by atoms with van der Waals surface area (Å²) in [4.78, 5) is 28.8. The van der Waals surface area contributed by atoms with Gasteiger partial charge >= 0.3 is 11.9 Å². The second-order valence-corrected chi connectivity index (χ2v) is 5.92. The molecule has 2 heterocycles. The van der Waals surface area contributed by atoms with Gasteiger partial charge in [0.05, 0.1) is 18.4 Å². The maximum absolute atomic E-state index is 12.0. The molecule has 21 heavy (non-hydrogen) atoms. The van der Waals surface area contributed by atoms with Crippen molar-refractivity contribution in [1.29, 1.82) is 0 Å². The van der Waals surface area contributed by atoms with Crippen molar-refractivity contribution in [2.24, 2.45) is 11.8 Å². The quantitative estimate of drug-likeness (QED) is 0.916. The molecule has 1 N–H and O–H groups in total. The van der Waals surface area contributed by atoms with Crippen LogP contribution in [0.3, 0.4) is 0 Å². The smallest absolute Gasteiger partial charge is 0.329 e. The highest BCUT2D eigenvalue weighted by Gasteiger charge is 2.46. The molecule has 4 rings (SSSR count). The van der Waals surface area contributed by atoms with Gasteiger partial charge in [0.15, 0.2) is 0 Å². The predicted molar refractivity (Wildman–Crippen MR) is 75.2 cm³/mol. The first kappa shape index (κ1) is 14.1. The van der Waals surface area contributed by atoms with E-state index in [1.165, 1.54) is 0 Å². The third-order valence-electron chi connectivity index (χ3n) is 4.46. The highest BCUT2D eigenvalue weighted by molar-refractivity contribution is 5.73. The van der Waals surface area contributed by atoms with Crippen LogP contribution in [0.4, 0.5) is 0 Å². The van der Waals surface area contributed by atoms with Crippen molar-refractivity contribution >= 4 is 11.9 Å². The van der Waals surface area contributed by atoms with Crippen molar-refractivity contribution < 1.29 is 19.5 Å².